The Balaban J connectivity index is 1.31. The molecule has 0 bridgehead atoms. The van der Waals surface area contributed by atoms with Crippen molar-refractivity contribution in [2.75, 3.05) is 23.8 Å². The van der Waals surface area contributed by atoms with Crippen LogP contribution in [0.3, 0.4) is 0 Å². The Hall–Kier alpha value is -3.60. The summed E-state index contributed by atoms with van der Waals surface area (Å²) >= 11 is 10.1. The Morgan fingerprint density at radius 1 is 1.02 bits per heavy atom. The molecule has 1 saturated heterocycles. The number of anilines is 2. The third-order valence-corrected chi connectivity index (χ3v) is 7.92. The maximum absolute atomic E-state index is 12.8. The Morgan fingerprint density at radius 2 is 1.75 bits per heavy atom. The van der Waals surface area contributed by atoms with Crippen molar-refractivity contribution >= 4 is 79.7 Å². The van der Waals surface area contributed by atoms with Crippen molar-refractivity contribution in [1.29, 1.82) is 0 Å². The van der Waals surface area contributed by atoms with Crippen molar-refractivity contribution in [3.8, 4) is 5.75 Å². The number of hydrogen-bond donors (Lipinski definition) is 2. The first kappa shape index (κ1) is 29.4. The van der Waals surface area contributed by atoms with Crippen LogP contribution in [0.5, 0.6) is 5.75 Å². The second-order valence-corrected chi connectivity index (χ2v) is 11.3. The molecule has 2 N–H and O–H groups in total. The summed E-state index contributed by atoms with van der Waals surface area (Å²) < 4.78 is 6.28. The third kappa shape index (κ3) is 7.53. The molecule has 0 spiro atoms. The molecular weight excluding hydrogens is 618 g/mol. The number of para-hydroxylation sites is 1. The summed E-state index contributed by atoms with van der Waals surface area (Å²) in [4.78, 5) is 51.2. The van der Waals surface area contributed by atoms with Gasteiger partial charge in [0.1, 0.15) is 12.3 Å². The van der Waals surface area contributed by atoms with Crippen molar-refractivity contribution in [1.82, 2.24) is 4.90 Å². The van der Waals surface area contributed by atoms with Crippen molar-refractivity contribution in [3.63, 3.8) is 0 Å². The number of carbonyl (C=O) groups excluding carboxylic acids is 4. The van der Waals surface area contributed by atoms with Crippen molar-refractivity contribution in [3.05, 3.63) is 92.3 Å². The van der Waals surface area contributed by atoms with Gasteiger partial charge in [-0.15, -0.1) is 0 Å². The number of nitrogens with one attached hydrogen (secondary N) is 2. The smallest absolute Gasteiger partial charge is 0.294 e. The highest BCUT2D eigenvalue weighted by molar-refractivity contribution is 9.10. The lowest BCUT2D eigenvalue weighted by Gasteiger charge is -2.14. The number of hydrogen-bond acceptors (Lipinski definition) is 6. The van der Waals surface area contributed by atoms with Crippen LogP contribution in [-0.2, 0) is 14.4 Å². The van der Waals surface area contributed by atoms with Crippen LogP contribution in [0.15, 0.2) is 76.1 Å². The van der Waals surface area contributed by atoms with Crippen LogP contribution in [0.25, 0.3) is 6.08 Å². The van der Waals surface area contributed by atoms with Crippen LogP contribution in [0.1, 0.15) is 30.9 Å². The molecule has 0 atom stereocenters. The van der Waals surface area contributed by atoms with E-state index in [1.165, 1.54) is 0 Å². The lowest BCUT2D eigenvalue weighted by Crippen LogP contribution is -2.36. The fraction of sp³-hybridized carbons (Fsp3) is 0.172. The van der Waals surface area contributed by atoms with Crippen LogP contribution < -0.4 is 15.4 Å². The third-order valence-electron chi connectivity index (χ3n) is 5.78. The first-order valence-corrected chi connectivity index (χ1v) is 14.2. The van der Waals surface area contributed by atoms with E-state index in [-0.39, 0.29) is 23.3 Å². The van der Waals surface area contributed by atoms with Crippen LogP contribution in [0.4, 0.5) is 16.2 Å². The van der Waals surface area contributed by atoms with Crippen LogP contribution >= 0.6 is 39.3 Å². The van der Waals surface area contributed by atoms with Gasteiger partial charge in [-0.2, -0.15) is 0 Å². The molecule has 0 aromatic heterocycles. The van der Waals surface area contributed by atoms with Crippen molar-refractivity contribution < 1.29 is 23.9 Å². The molecule has 3 aromatic carbocycles. The van der Waals surface area contributed by atoms with E-state index in [9.17, 15) is 19.2 Å². The summed E-state index contributed by atoms with van der Waals surface area (Å²) in [6.45, 7) is 3.52. The predicted octanol–water partition coefficient (Wildman–Crippen LogP) is 6.92. The number of imide groups is 1. The maximum Gasteiger partial charge on any atom is 0.294 e. The number of benzene rings is 3. The molecule has 4 rings (SSSR count). The van der Waals surface area contributed by atoms with Gasteiger partial charge in [0, 0.05) is 15.8 Å². The van der Waals surface area contributed by atoms with Gasteiger partial charge in [0.25, 0.3) is 17.1 Å². The second kappa shape index (κ2) is 13.2. The maximum atomic E-state index is 12.8. The fourth-order valence-corrected chi connectivity index (χ4v) is 5.08. The van der Waals surface area contributed by atoms with Crippen molar-refractivity contribution in [2.45, 2.75) is 19.8 Å². The van der Waals surface area contributed by atoms with Gasteiger partial charge < -0.3 is 15.4 Å². The normalized spacial score (nSPS) is 14.1. The Bertz CT molecular complexity index is 1490. The van der Waals surface area contributed by atoms with Gasteiger partial charge in [0.15, 0.2) is 6.61 Å². The second-order valence-electron chi connectivity index (χ2n) is 9.09. The minimum Gasteiger partial charge on any atom is -0.484 e. The van der Waals surface area contributed by atoms with Crippen LogP contribution in [0.2, 0.25) is 5.02 Å². The molecule has 8 nitrogen and oxygen atoms in total. The molecular formula is C29H25BrClN3O5S. The fourth-order valence-electron chi connectivity index (χ4n) is 3.82. The van der Waals surface area contributed by atoms with E-state index in [4.69, 9.17) is 16.3 Å². The quantitative estimate of drug-likeness (QED) is 0.246. The molecule has 1 fully saturated rings. The SMILES string of the molecule is CC(C)c1ccccc1NC(=O)COc1ccc(/C=C2/SC(=O)N(CC(=O)Nc3ccc(Br)c(Cl)c3)C2=O)cc1. The highest BCUT2D eigenvalue weighted by Crippen LogP contribution is 2.32. The van der Waals surface area contributed by atoms with E-state index in [1.807, 2.05) is 24.3 Å². The molecule has 1 heterocycles. The minimum atomic E-state index is -0.558. The van der Waals surface area contributed by atoms with Crippen LogP contribution in [0, 0.1) is 0 Å². The molecule has 3 aromatic rings. The molecule has 11 heteroatoms. The number of nitrogens with zero attached hydrogens (tertiary/aromatic N) is 1. The summed E-state index contributed by atoms with van der Waals surface area (Å²) in [6, 6.07) is 19.3. The average molecular weight is 643 g/mol. The highest BCUT2D eigenvalue weighted by atomic mass is 79.9. The number of halogens is 2. The molecule has 4 amide bonds. The van der Waals surface area contributed by atoms with Gasteiger partial charge in [-0.25, -0.2) is 0 Å². The molecule has 1 aliphatic heterocycles. The number of rotatable bonds is 9. The molecule has 0 aliphatic carbocycles. The zero-order valence-electron chi connectivity index (χ0n) is 21.6. The number of ether oxygens (including phenoxy) is 1. The van der Waals surface area contributed by atoms with E-state index < -0.39 is 23.6 Å². The van der Waals surface area contributed by atoms with E-state index in [2.05, 4.69) is 40.4 Å². The first-order valence-electron chi connectivity index (χ1n) is 12.2. The van der Waals surface area contributed by atoms with Gasteiger partial charge in [-0.1, -0.05) is 55.8 Å². The number of amides is 4. The lowest BCUT2D eigenvalue weighted by molar-refractivity contribution is -0.127. The zero-order chi connectivity index (χ0) is 28.8. The van der Waals surface area contributed by atoms with Gasteiger partial charge >= 0.3 is 0 Å². The first-order chi connectivity index (χ1) is 19.1. The van der Waals surface area contributed by atoms with Gasteiger partial charge in [0.05, 0.1) is 9.93 Å². The average Bonchev–Trinajstić information content (AvgIpc) is 3.17. The topological polar surface area (TPSA) is 105 Å². The van der Waals surface area contributed by atoms with Gasteiger partial charge in [0.2, 0.25) is 5.91 Å². The van der Waals surface area contributed by atoms with Gasteiger partial charge in [-0.3, -0.25) is 24.1 Å². The molecule has 0 radical (unpaired) electrons. The summed E-state index contributed by atoms with van der Waals surface area (Å²) in [5, 5.41) is 5.39. The summed E-state index contributed by atoms with van der Waals surface area (Å²) in [7, 11) is 0. The zero-order valence-corrected chi connectivity index (χ0v) is 24.7. The minimum absolute atomic E-state index is 0.167. The number of carbonyl (C=O) groups is 4. The number of thioether (sulfide) groups is 1. The van der Waals surface area contributed by atoms with Crippen molar-refractivity contribution in [2.24, 2.45) is 0 Å². The lowest BCUT2D eigenvalue weighted by atomic mass is 10.0. The van der Waals surface area contributed by atoms with E-state index in [0.717, 1.165) is 27.9 Å². The monoisotopic (exact) mass is 641 g/mol. The molecule has 1 aliphatic rings. The van der Waals surface area contributed by atoms with E-state index >= 15 is 0 Å². The standard InChI is InChI=1S/C29H25BrClN3O5S/c1-17(2)21-5-3-4-6-24(21)33-27(36)16-39-20-10-7-18(8-11-20)13-25-28(37)34(29(38)40-25)15-26(35)32-19-9-12-22(30)23(31)14-19/h3-14,17H,15-16H2,1-2H3,(H,32,35)(H,33,36)/b25-13+. The summed E-state index contributed by atoms with van der Waals surface area (Å²) in [6.07, 6.45) is 1.57. The van der Waals surface area contributed by atoms with E-state index in [1.54, 1.807) is 48.5 Å². The molecule has 206 valence electrons. The molecule has 0 unspecified atom stereocenters. The van der Waals surface area contributed by atoms with Crippen LogP contribution in [-0.4, -0.2) is 41.0 Å². The van der Waals surface area contributed by atoms with Gasteiger partial charge in [-0.05, 0) is 87.2 Å². The Kier molecular flexibility index (Phi) is 9.67. The Morgan fingerprint density at radius 3 is 2.45 bits per heavy atom. The molecule has 40 heavy (non-hydrogen) atoms. The largest absolute Gasteiger partial charge is 0.484 e. The highest BCUT2D eigenvalue weighted by Gasteiger charge is 2.36. The summed E-state index contributed by atoms with van der Waals surface area (Å²) in [5.41, 5.74) is 2.90. The molecule has 0 saturated carbocycles. The predicted molar refractivity (Wildman–Crippen MR) is 162 cm³/mol. The summed E-state index contributed by atoms with van der Waals surface area (Å²) in [5.74, 6) is -0.626. The van der Waals surface area contributed by atoms with E-state index in [0.29, 0.717) is 26.5 Å². The Labute approximate surface area is 249 Å².